The van der Waals surface area contributed by atoms with Crippen LogP contribution in [0.15, 0.2) is 84.9 Å². The van der Waals surface area contributed by atoms with E-state index >= 15 is 0 Å². The lowest BCUT2D eigenvalue weighted by atomic mass is 9.82. The van der Waals surface area contributed by atoms with E-state index in [-0.39, 0.29) is 10.8 Å². The topological polar surface area (TPSA) is 6.48 Å². The zero-order valence-corrected chi connectivity index (χ0v) is 40.0. The molecule has 7 rings (SSSR count). The molecule has 0 spiro atoms. The van der Waals surface area contributed by atoms with Gasteiger partial charge in [-0.2, -0.15) is 0 Å². The molecule has 0 aliphatic carbocycles. The minimum absolute atomic E-state index is 0.0662. The molecule has 0 amide bonds. The number of benzene rings is 7. The molecule has 0 aromatic heterocycles. The normalized spacial score (nSPS) is 12.2. The van der Waals surface area contributed by atoms with Crippen LogP contribution in [0.2, 0.25) is 0 Å². The summed E-state index contributed by atoms with van der Waals surface area (Å²) in [5.41, 5.74) is 25.7. The van der Waals surface area contributed by atoms with E-state index in [1.54, 1.807) is 0 Å². The van der Waals surface area contributed by atoms with Crippen LogP contribution < -0.4 is 9.80 Å². The van der Waals surface area contributed by atoms with Gasteiger partial charge in [-0.15, -0.1) is 0 Å². The summed E-state index contributed by atoms with van der Waals surface area (Å²) in [4.78, 5) is 5.24. The molecule has 0 bridgehead atoms. The fourth-order valence-corrected chi connectivity index (χ4v) is 9.36. The van der Waals surface area contributed by atoms with Crippen LogP contribution in [0, 0.1) is 83.1 Å². The van der Waals surface area contributed by atoms with Gasteiger partial charge in [-0.25, -0.2) is 0 Å². The molecule has 310 valence electrons. The summed E-state index contributed by atoms with van der Waals surface area (Å²) >= 11 is 0. The quantitative estimate of drug-likeness (QED) is 0.122. The summed E-state index contributed by atoms with van der Waals surface area (Å²) < 4.78 is 0. The van der Waals surface area contributed by atoms with Crippen molar-refractivity contribution in [3.05, 3.63) is 163 Å². The van der Waals surface area contributed by atoms with E-state index < -0.39 is 0 Å². The Labute approximate surface area is 362 Å². The van der Waals surface area contributed by atoms with Crippen LogP contribution in [0.5, 0.6) is 0 Å². The predicted molar refractivity (Wildman–Crippen MR) is 265 cm³/mol. The summed E-state index contributed by atoms with van der Waals surface area (Å²) in [7, 11) is 0. The van der Waals surface area contributed by atoms with Crippen molar-refractivity contribution in [2.45, 2.75) is 135 Å². The molecule has 2 heteroatoms. The zero-order valence-electron chi connectivity index (χ0n) is 40.0. The molecule has 0 saturated carbocycles. The van der Waals surface area contributed by atoms with Gasteiger partial charge in [0.05, 0.1) is 22.7 Å². The van der Waals surface area contributed by atoms with Gasteiger partial charge in [-0.3, -0.25) is 0 Å². The van der Waals surface area contributed by atoms with Crippen molar-refractivity contribution in [1.29, 1.82) is 0 Å². The first-order valence-corrected chi connectivity index (χ1v) is 22.0. The Balaban J connectivity index is 1.81. The molecule has 0 fully saturated rings. The Morgan fingerprint density at radius 3 is 0.817 bits per heavy atom. The van der Waals surface area contributed by atoms with E-state index in [0.717, 1.165) is 11.4 Å². The van der Waals surface area contributed by atoms with Crippen LogP contribution in [-0.2, 0) is 10.8 Å². The molecule has 0 saturated heterocycles. The van der Waals surface area contributed by atoms with Crippen molar-refractivity contribution in [2.24, 2.45) is 0 Å². The second kappa shape index (κ2) is 15.3. The van der Waals surface area contributed by atoms with Gasteiger partial charge in [0.15, 0.2) is 0 Å². The molecule has 0 heterocycles. The van der Waals surface area contributed by atoms with Crippen molar-refractivity contribution in [1.82, 2.24) is 0 Å². The van der Waals surface area contributed by atoms with Gasteiger partial charge in [0.2, 0.25) is 0 Å². The Bertz CT molecular complexity index is 2560. The largest absolute Gasteiger partial charge is 0.309 e. The highest BCUT2D eigenvalue weighted by atomic mass is 15.2. The van der Waals surface area contributed by atoms with E-state index in [2.05, 4.69) is 219 Å². The molecule has 7 aromatic rings. The lowest BCUT2D eigenvalue weighted by molar-refractivity contribution is 0.590. The van der Waals surface area contributed by atoms with Crippen LogP contribution in [0.3, 0.4) is 0 Å². The van der Waals surface area contributed by atoms with Gasteiger partial charge in [-0.1, -0.05) is 101 Å². The second-order valence-electron chi connectivity index (χ2n) is 20.0. The highest BCUT2D eigenvalue weighted by molar-refractivity contribution is 6.24. The fraction of sp³-hybridized carbons (Fsp3) is 0.345. The molecule has 0 atom stereocenters. The summed E-state index contributed by atoms with van der Waals surface area (Å²) in [6, 6.07) is 33.1. The summed E-state index contributed by atoms with van der Waals surface area (Å²) in [6.45, 7) is 41.5. The van der Waals surface area contributed by atoms with Crippen molar-refractivity contribution < 1.29 is 0 Å². The molecule has 2 nitrogen and oxygen atoms in total. The van der Waals surface area contributed by atoms with Gasteiger partial charge in [0.1, 0.15) is 0 Å². The molecule has 0 radical (unpaired) electrons. The minimum Gasteiger partial charge on any atom is -0.309 e. The Morgan fingerprint density at radius 2 is 0.550 bits per heavy atom. The average Bonchev–Trinajstić information content (AvgIpc) is 3.20. The van der Waals surface area contributed by atoms with Crippen molar-refractivity contribution in [3.63, 3.8) is 0 Å². The van der Waals surface area contributed by atoms with Crippen LogP contribution in [0.1, 0.15) is 119 Å². The highest BCUT2D eigenvalue weighted by Gasteiger charge is 2.31. The third-order valence-corrected chi connectivity index (χ3v) is 14.2. The molecular formula is C58H68N2. The highest BCUT2D eigenvalue weighted by Crippen LogP contribution is 2.55. The SMILES string of the molecule is Cc1ccc(N(c2c(C)c(C)c(C)c(C)c2C)c2c3ccc(C(C)(C)C)cc3c(N(c3ccc(C)cc3)c3c(C)c(C)c(C)c(C)c3C)c3ccc(C(C)(C)C)cc23)cc1. The van der Waals surface area contributed by atoms with E-state index in [4.69, 9.17) is 0 Å². The lowest BCUT2D eigenvalue weighted by Gasteiger charge is -2.37. The number of hydrogen-bond acceptors (Lipinski definition) is 2. The number of nitrogens with zero attached hydrogens (tertiary/aromatic N) is 2. The molecule has 0 aliphatic heterocycles. The van der Waals surface area contributed by atoms with Gasteiger partial charge in [0, 0.05) is 32.9 Å². The maximum Gasteiger partial charge on any atom is 0.0620 e. The monoisotopic (exact) mass is 793 g/mol. The Kier molecular flexibility index (Phi) is 10.9. The Morgan fingerprint density at radius 1 is 0.283 bits per heavy atom. The lowest BCUT2D eigenvalue weighted by Crippen LogP contribution is -2.19. The van der Waals surface area contributed by atoms with E-state index in [1.165, 1.54) is 122 Å². The number of rotatable bonds is 6. The summed E-state index contributed by atoms with van der Waals surface area (Å²) in [5, 5.41) is 4.97. The second-order valence-corrected chi connectivity index (χ2v) is 20.0. The van der Waals surface area contributed by atoms with Crippen molar-refractivity contribution in [3.8, 4) is 0 Å². The van der Waals surface area contributed by atoms with Crippen molar-refractivity contribution >= 4 is 55.7 Å². The molecule has 7 aromatic carbocycles. The first kappa shape index (κ1) is 42.8. The van der Waals surface area contributed by atoms with E-state index in [9.17, 15) is 0 Å². The molecule has 0 unspecified atom stereocenters. The smallest absolute Gasteiger partial charge is 0.0620 e. The molecule has 0 N–H and O–H groups in total. The summed E-state index contributed by atoms with van der Waals surface area (Å²) in [5.74, 6) is 0. The number of anilines is 6. The van der Waals surface area contributed by atoms with Crippen LogP contribution >= 0.6 is 0 Å². The van der Waals surface area contributed by atoms with Gasteiger partial charge >= 0.3 is 0 Å². The van der Waals surface area contributed by atoms with Gasteiger partial charge in [0.25, 0.3) is 0 Å². The van der Waals surface area contributed by atoms with Crippen LogP contribution in [-0.4, -0.2) is 0 Å². The zero-order chi connectivity index (χ0) is 43.9. The van der Waals surface area contributed by atoms with Crippen molar-refractivity contribution in [2.75, 3.05) is 9.80 Å². The minimum atomic E-state index is -0.0662. The third-order valence-electron chi connectivity index (χ3n) is 14.2. The van der Waals surface area contributed by atoms with Gasteiger partial charge < -0.3 is 9.80 Å². The fourth-order valence-electron chi connectivity index (χ4n) is 9.36. The first-order chi connectivity index (χ1) is 28.0. The Hall–Kier alpha value is -5.34. The molecule has 0 aliphatic rings. The first-order valence-electron chi connectivity index (χ1n) is 22.0. The summed E-state index contributed by atoms with van der Waals surface area (Å²) in [6.07, 6.45) is 0. The van der Waals surface area contributed by atoms with Gasteiger partial charge in [-0.05, 0) is 197 Å². The molecular weight excluding hydrogens is 725 g/mol. The maximum atomic E-state index is 2.62. The van der Waals surface area contributed by atoms with E-state index in [1.807, 2.05) is 0 Å². The van der Waals surface area contributed by atoms with E-state index in [0.29, 0.717) is 0 Å². The number of aryl methyl sites for hydroxylation is 2. The average molecular weight is 793 g/mol. The maximum absolute atomic E-state index is 2.62. The molecule has 60 heavy (non-hydrogen) atoms. The van der Waals surface area contributed by atoms with Crippen LogP contribution in [0.25, 0.3) is 21.5 Å². The number of fused-ring (bicyclic) bond motifs is 2. The van der Waals surface area contributed by atoms with Crippen LogP contribution in [0.4, 0.5) is 34.1 Å². The predicted octanol–water partition coefficient (Wildman–Crippen LogP) is 17.2. The third kappa shape index (κ3) is 7.10. The number of hydrogen-bond donors (Lipinski definition) is 0. The standard InChI is InChI=1S/C58H68N2/c1-33-19-25-47(26-20-33)59(53-41(9)37(5)35(3)38(6)42(53)10)55-49-29-23-46(58(16,17)18)32-52(49)56(50-30-24-45(31-51(50)55)57(13,14)15)60(48-27-21-34(2)22-28-48)54-43(11)39(7)36(4)40(8)44(54)12/h19-32H,1-18H3.